The second kappa shape index (κ2) is 12.0. The fourth-order valence-corrected chi connectivity index (χ4v) is 3.74. The maximum atomic E-state index is 12.2. The number of carboxylic acids is 1. The molecule has 1 amide bonds. The van der Waals surface area contributed by atoms with Crippen molar-refractivity contribution in [2.24, 2.45) is 0 Å². The van der Waals surface area contributed by atoms with E-state index < -0.39 is 12.0 Å². The number of aliphatic carboxylic acids is 1. The van der Waals surface area contributed by atoms with Crippen LogP contribution in [0.2, 0.25) is 0 Å². The van der Waals surface area contributed by atoms with Gasteiger partial charge in [-0.1, -0.05) is 36.8 Å². The minimum Gasteiger partial charge on any atom is -0.480 e. The highest BCUT2D eigenvalue weighted by atomic mass is 16.4. The lowest BCUT2D eigenvalue weighted by Gasteiger charge is -2.34. The summed E-state index contributed by atoms with van der Waals surface area (Å²) in [6.07, 6.45) is 6.94. The summed E-state index contributed by atoms with van der Waals surface area (Å²) in [5, 5.41) is 12.1. The number of piperazine rings is 1. The van der Waals surface area contributed by atoms with E-state index in [0.29, 0.717) is 12.8 Å². The van der Waals surface area contributed by atoms with Gasteiger partial charge in [-0.05, 0) is 31.0 Å². The van der Waals surface area contributed by atoms with Crippen LogP contribution in [-0.2, 0) is 16.0 Å². The number of nitrogens with zero attached hydrogens (tertiary/aromatic N) is 4. The normalized spacial score (nSPS) is 15.4. The maximum absolute atomic E-state index is 12.2. The van der Waals surface area contributed by atoms with Gasteiger partial charge in [-0.25, -0.2) is 14.8 Å². The Morgan fingerprint density at radius 1 is 0.968 bits per heavy atom. The zero-order valence-electron chi connectivity index (χ0n) is 17.8. The molecule has 0 bridgehead atoms. The number of rotatable bonds is 11. The van der Waals surface area contributed by atoms with Crippen molar-refractivity contribution in [2.45, 2.75) is 38.1 Å². The molecule has 0 radical (unpaired) electrons. The highest BCUT2D eigenvalue weighted by molar-refractivity contribution is 5.83. The molecule has 2 N–H and O–H groups in total. The first-order chi connectivity index (χ1) is 15.1. The Morgan fingerprint density at radius 3 is 2.35 bits per heavy atom. The molecule has 1 aliphatic heterocycles. The molecule has 1 fully saturated rings. The number of aromatic nitrogens is 2. The minimum atomic E-state index is -1.00. The van der Waals surface area contributed by atoms with Crippen molar-refractivity contribution in [1.82, 2.24) is 20.2 Å². The van der Waals surface area contributed by atoms with Crippen LogP contribution in [0.1, 0.15) is 31.2 Å². The van der Waals surface area contributed by atoms with E-state index in [9.17, 15) is 14.7 Å². The molecule has 166 valence electrons. The first-order valence-corrected chi connectivity index (χ1v) is 10.9. The summed E-state index contributed by atoms with van der Waals surface area (Å²) >= 11 is 0. The number of carbonyl (C=O) groups excluding carboxylic acids is 1. The molecule has 0 aliphatic carbocycles. The molecule has 0 unspecified atom stereocenters. The molecule has 1 aromatic carbocycles. The van der Waals surface area contributed by atoms with Crippen LogP contribution < -0.4 is 10.2 Å². The van der Waals surface area contributed by atoms with Gasteiger partial charge in [0.2, 0.25) is 11.9 Å². The molecule has 0 spiro atoms. The number of amides is 1. The molecule has 2 aromatic rings. The molecule has 0 saturated carbocycles. The number of carboxylic acid groups (broad SMARTS) is 1. The number of hydrogen-bond acceptors (Lipinski definition) is 6. The Morgan fingerprint density at radius 2 is 1.68 bits per heavy atom. The summed E-state index contributed by atoms with van der Waals surface area (Å²) < 4.78 is 0. The van der Waals surface area contributed by atoms with Crippen LogP contribution in [-0.4, -0.2) is 70.6 Å². The summed E-state index contributed by atoms with van der Waals surface area (Å²) in [5.41, 5.74) is 0.897. The van der Waals surface area contributed by atoms with Gasteiger partial charge in [0.1, 0.15) is 6.04 Å². The third kappa shape index (κ3) is 7.64. The van der Waals surface area contributed by atoms with Crippen molar-refractivity contribution in [2.75, 3.05) is 37.6 Å². The van der Waals surface area contributed by atoms with E-state index in [4.69, 9.17) is 0 Å². The Bertz CT molecular complexity index is 810. The predicted octanol–water partition coefficient (Wildman–Crippen LogP) is 1.97. The highest BCUT2D eigenvalue weighted by Crippen LogP contribution is 2.11. The van der Waals surface area contributed by atoms with Gasteiger partial charge < -0.3 is 15.3 Å². The predicted molar refractivity (Wildman–Crippen MR) is 119 cm³/mol. The maximum Gasteiger partial charge on any atom is 0.326 e. The number of nitrogens with one attached hydrogen (secondary N) is 1. The molecular formula is C23H31N5O3. The summed E-state index contributed by atoms with van der Waals surface area (Å²) in [5.74, 6) is -0.405. The van der Waals surface area contributed by atoms with E-state index in [-0.39, 0.29) is 5.91 Å². The molecule has 31 heavy (non-hydrogen) atoms. The molecule has 1 aliphatic rings. The molecule has 1 aromatic heterocycles. The van der Waals surface area contributed by atoms with Crippen LogP contribution in [0.15, 0.2) is 48.8 Å². The van der Waals surface area contributed by atoms with E-state index >= 15 is 0 Å². The zero-order chi connectivity index (χ0) is 21.9. The van der Waals surface area contributed by atoms with Gasteiger partial charge in [-0.3, -0.25) is 9.69 Å². The van der Waals surface area contributed by atoms with Crippen LogP contribution >= 0.6 is 0 Å². The standard InChI is InChI=1S/C23H31N5O3/c29-21(26-20(22(30)31)18-19-8-3-1-4-9-19)10-5-2-6-13-27-14-16-28(17-15-27)23-24-11-7-12-25-23/h1,3-4,7-9,11-12,20H,2,5-6,10,13-18H2,(H,26,29)(H,30,31)/t20-/m0/s1. The number of benzene rings is 1. The molecule has 1 saturated heterocycles. The number of carbonyl (C=O) groups is 2. The lowest BCUT2D eigenvalue weighted by Crippen LogP contribution is -2.47. The Hall–Kier alpha value is -3.00. The number of anilines is 1. The zero-order valence-corrected chi connectivity index (χ0v) is 17.8. The molecule has 8 nitrogen and oxygen atoms in total. The van der Waals surface area contributed by atoms with Gasteiger partial charge in [0, 0.05) is 51.4 Å². The lowest BCUT2D eigenvalue weighted by atomic mass is 10.1. The van der Waals surface area contributed by atoms with Gasteiger partial charge in [-0.2, -0.15) is 0 Å². The minimum absolute atomic E-state index is 0.195. The average Bonchev–Trinajstić information content (AvgIpc) is 2.80. The number of hydrogen-bond donors (Lipinski definition) is 2. The van der Waals surface area contributed by atoms with Gasteiger partial charge in [0.25, 0.3) is 0 Å². The average molecular weight is 426 g/mol. The molecular weight excluding hydrogens is 394 g/mol. The Labute approximate surface area is 183 Å². The number of unbranched alkanes of at least 4 members (excludes halogenated alkanes) is 2. The molecule has 2 heterocycles. The van der Waals surface area contributed by atoms with Crippen LogP contribution in [0.5, 0.6) is 0 Å². The van der Waals surface area contributed by atoms with Crippen LogP contribution in [0, 0.1) is 0 Å². The summed E-state index contributed by atoms with van der Waals surface area (Å²) in [4.78, 5) is 36.9. The van der Waals surface area contributed by atoms with E-state index in [1.165, 1.54) is 0 Å². The third-order valence-corrected chi connectivity index (χ3v) is 5.50. The third-order valence-electron chi connectivity index (χ3n) is 5.50. The van der Waals surface area contributed by atoms with Crippen molar-refractivity contribution >= 4 is 17.8 Å². The second-order valence-corrected chi connectivity index (χ2v) is 7.84. The molecule has 8 heteroatoms. The SMILES string of the molecule is O=C(CCCCCN1CCN(c2ncccn2)CC1)N[C@@H](Cc1ccccc1)C(=O)O. The monoisotopic (exact) mass is 425 g/mol. The molecule has 1 atom stereocenters. The van der Waals surface area contributed by atoms with Crippen molar-refractivity contribution < 1.29 is 14.7 Å². The van der Waals surface area contributed by atoms with Gasteiger partial charge in [0.15, 0.2) is 0 Å². The molecule has 3 rings (SSSR count). The van der Waals surface area contributed by atoms with Gasteiger partial charge in [-0.15, -0.1) is 0 Å². The van der Waals surface area contributed by atoms with E-state index in [0.717, 1.165) is 63.5 Å². The fourth-order valence-electron chi connectivity index (χ4n) is 3.74. The topological polar surface area (TPSA) is 98.7 Å². The summed E-state index contributed by atoms with van der Waals surface area (Å²) in [6.45, 7) is 4.82. The van der Waals surface area contributed by atoms with Crippen LogP contribution in [0.3, 0.4) is 0 Å². The smallest absolute Gasteiger partial charge is 0.326 e. The van der Waals surface area contributed by atoms with Gasteiger partial charge >= 0.3 is 5.97 Å². The van der Waals surface area contributed by atoms with Crippen molar-refractivity contribution in [3.8, 4) is 0 Å². The largest absolute Gasteiger partial charge is 0.480 e. The highest BCUT2D eigenvalue weighted by Gasteiger charge is 2.20. The van der Waals surface area contributed by atoms with Crippen LogP contribution in [0.4, 0.5) is 5.95 Å². The second-order valence-electron chi connectivity index (χ2n) is 7.84. The van der Waals surface area contributed by atoms with Crippen molar-refractivity contribution in [1.29, 1.82) is 0 Å². The Kier molecular flexibility index (Phi) is 8.78. The van der Waals surface area contributed by atoms with Crippen LogP contribution in [0.25, 0.3) is 0 Å². The lowest BCUT2D eigenvalue weighted by molar-refractivity contribution is -0.141. The fraction of sp³-hybridized carbons (Fsp3) is 0.478. The Balaban J connectivity index is 1.28. The first-order valence-electron chi connectivity index (χ1n) is 10.9. The van der Waals surface area contributed by atoms with E-state index in [1.807, 2.05) is 36.4 Å². The van der Waals surface area contributed by atoms with Gasteiger partial charge in [0.05, 0.1) is 0 Å². The summed E-state index contributed by atoms with van der Waals surface area (Å²) in [7, 11) is 0. The van der Waals surface area contributed by atoms with E-state index in [2.05, 4.69) is 25.1 Å². The van der Waals surface area contributed by atoms with E-state index in [1.54, 1.807) is 12.4 Å². The quantitative estimate of drug-likeness (QED) is 0.531. The summed E-state index contributed by atoms with van der Waals surface area (Å²) in [6, 6.07) is 10.3. The van der Waals surface area contributed by atoms with Crippen molar-refractivity contribution in [3.05, 3.63) is 54.4 Å². The first kappa shape index (κ1) is 22.7. The van der Waals surface area contributed by atoms with Crippen molar-refractivity contribution in [3.63, 3.8) is 0 Å².